The lowest BCUT2D eigenvalue weighted by Gasteiger charge is -2.46. The van der Waals surface area contributed by atoms with Crippen LogP contribution in [0.2, 0.25) is 0 Å². The minimum atomic E-state index is -1.79. The number of aliphatic hydroxyl groups excluding tert-OH is 8. The molecule has 0 bridgehead atoms. The number of hydrogen-bond donors (Lipinski definition) is 9. The van der Waals surface area contributed by atoms with Crippen LogP contribution in [0, 0.1) is 0 Å². The zero-order valence-electron chi connectivity index (χ0n) is 46.3. The summed E-state index contributed by atoms with van der Waals surface area (Å²) in [6.07, 6.45) is 39.9. The molecule has 2 aliphatic heterocycles. The Morgan fingerprint density at radius 1 is 0.486 bits per heavy atom. The van der Waals surface area contributed by atoms with Gasteiger partial charge < -0.3 is 65.1 Å². The predicted molar refractivity (Wildman–Crippen MR) is 295 cm³/mol. The first kappa shape index (κ1) is 68.1. The number of amides is 1. The van der Waals surface area contributed by atoms with Gasteiger partial charge in [0.15, 0.2) is 12.6 Å². The van der Waals surface area contributed by atoms with Crippen molar-refractivity contribution in [2.24, 2.45) is 0 Å². The first-order valence-electron chi connectivity index (χ1n) is 29.9. The topological polar surface area (TPSA) is 228 Å². The summed E-state index contributed by atoms with van der Waals surface area (Å²) >= 11 is 0. The van der Waals surface area contributed by atoms with Gasteiger partial charge in [-0.1, -0.05) is 217 Å². The molecule has 0 saturated carbocycles. The second-order valence-corrected chi connectivity index (χ2v) is 21.1. The Bertz CT molecular complexity index is 1430. The van der Waals surface area contributed by atoms with E-state index in [4.69, 9.17) is 18.9 Å². The van der Waals surface area contributed by atoms with E-state index in [1.165, 1.54) is 135 Å². The molecule has 74 heavy (non-hydrogen) atoms. The van der Waals surface area contributed by atoms with Gasteiger partial charge in [0.2, 0.25) is 5.91 Å². The van der Waals surface area contributed by atoms with Gasteiger partial charge in [0.25, 0.3) is 0 Å². The number of nitrogens with one attached hydrogen (secondary N) is 1. The zero-order valence-corrected chi connectivity index (χ0v) is 46.3. The van der Waals surface area contributed by atoms with E-state index in [2.05, 4.69) is 55.6 Å². The maximum absolute atomic E-state index is 13.3. The molecule has 2 fully saturated rings. The van der Waals surface area contributed by atoms with Crippen molar-refractivity contribution in [1.29, 1.82) is 0 Å². The number of allylic oxidation sites excluding steroid dienone is 7. The highest BCUT2D eigenvalue weighted by Crippen LogP contribution is 2.30. The predicted octanol–water partition coefficient (Wildman–Crippen LogP) is 10.0. The molecule has 12 atom stereocenters. The van der Waals surface area contributed by atoms with Crippen LogP contribution in [0.1, 0.15) is 232 Å². The van der Waals surface area contributed by atoms with Crippen molar-refractivity contribution in [3.63, 3.8) is 0 Å². The molecule has 2 aliphatic rings. The molecule has 12 unspecified atom stereocenters. The molecule has 2 heterocycles. The summed E-state index contributed by atoms with van der Waals surface area (Å²) in [6.45, 7) is 2.79. The lowest BCUT2D eigenvalue weighted by atomic mass is 9.97. The molecule has 0 aliphatic carbocycles. The van der Waals surface area contributed by atoms with E-state index < -0.39 is 86.8 Å². The van der Waals surface area contributed by atoms with Gasteiger partial charge in [0.1, 0.15) is 48.8 Å². The average molecular weight is 1050 g/mol. The molecule has 14 heteroatoms. The lowest BCUT2D eigenvalue weighted by molar-refractivity contribution is -0.359. The molecule has 14 nitrogen and oxygen atoms in total. The van der Waals surface area contributed by atoms with Crippen LogP contribution >= 0.6 is 0 Å². The molecule has 432 valence electrons. The third-order valence-electron chi connectivity index (χ3n) is 14.5. The van der Waals surface area contributed by atoms with Crippen LogP contribution in [0.3, 0.4) is 0 Å². The van der Waals surface area contributed by atoms with Gasteiger partial charge in [0, 0.05) is 6.42 Å². The van der Waals surface area contributed by atoms with Crippen LogP contribution in [0.15, 0.2) is 48.6 Å². The molecular weight excluding hydrogens is 943 g/mol. The SMILES string of the molecule is CCCCCCC/C=C\C/C=C\C/C=C\CCCCCCCCC(=O)NC(COC1OC(CO)C(OC2OC(CO)C(O)C(O)C2O)C(O)C1O)C(O)/C=C/CCCCCCCCCCCCCCCCCCC. The van der Waals surface area contributed by atoms with Crippen molar-refractivity contribution in [2.45, 2.75) is 306 Å². The van der Waals surface area contributed by atoms with Crippen LogP contribution in [0.5, 0.6) is 0 Å². The standard InChI is InChI=1S/C60H109NO13/c1-3-5-7-9-11-13-15-17-19-21-23-24-26-28-30-32-34-36-38-40-42-44-52(65)61-48(49(64)43-41-39-37-35-33-31-29-27-25-22-20-18-16-14-12-10-8-6-4-2)47-71-59-57(70)55(68)58(51(46-63)73-59)74-60-56(69)54(67)53(66)50(45-62)72-60/h15,17,21,23,26,28,41,43,48-51,53-60,62-64,66-70H,3-14,16,18-20,22,24-25,27,29-40,42,44-47H2,1-2H3,(H,61,65)/b17-15-,23-21-,28-26-,43-41+. The van der Waals surface area contributed by atoms with Gasteiger partial charge in [-0.25, -0.2) is 0 Å². The summed E-state index contributed by atoms with van der Waals surface area (Å²) in [7, 11) is 0. The molecular formula is C60H109NO13. The fourth-order valence-corrected chi connectivity index (χ4v) is 9.65. The smallest absolute Gasteiger partial charge is 0.220 e. The summed E-state index contributed by atoms with van der Waals surface area (Å²) in [5.74, 6) is -0.251. The molecule has 0 aromatic rings. The minimum absolute atomic E-state index is 0.251. The van der Waals surface area contributed by atoms with Crippen LogP contribution in [0.25, 0.3) is 0 Å². The zero-order chi connectivity index (χ0) is 53.9. The average Bonchev–Trinajstić information content (AvgIpc) is 3.40. The quantitative estimate of drug-likeness (QED) is 0.0205. The summed E-state index contributed by atoms with van der Waals surface area (Å²) < 4.78 is 22.8. The highest BCUT2D eigenvalue weighted by molar-refractivity contribution is 5.76. The molecule has 0 radical (unpaired) electrons. The minimum Gasteiger partial charge on any atom is -0.394 e. The Morgan fingerprint density at radius 3 is 1.36 bits per heavy atom. The van der Waals surface area contributed by atoms with Gasteiger partial charge >= 0.3 is 0 Å². The fraction of sp³-hybridized carbons (Fsp3) is 0.850. The Kier molecular flexibility index (Phi) is 42.2. The van der Waals surface area contributed by atoms with Crippen LogP contribution < -0.4 is 5.32 Å². The Labute approximate surface area is 448 Å². The lowest BCUT2D eigenvalue weighted by Crippen LogP contribution is -2.65. The van der Waals surface area contributed by atoms with Crippen molar-refractivity contribution in [3.8, 4) is 0 Å². The number of ether oxygens (including phenoxy) is 4. The van der Waals surface area contributed by atoms with Crippen molar-refractivity contribution >= 4 is 5.91 Å². The molecule has 0 spiro atoms. The second kappa shape index (κ2) is 45.9. The van der Waals surface area contributed by atoms with Crippen LogP contribution in [0.4, 0.5) is 0 Å². The van der Waals surface area contributed by atoms with E-state index in [0.717, 1.165) is 70.6 Å². The summed E-state index contributed by atoms with van der Waals surface area (Å²) in [5, 5.41) is 87.1. The summed E-state index contributed by atoms with van der Waals surface area (Å²) in [4.78, 5) is 13.3. The van der Waals surface area contributed by atoms with Crippen molar-refractivity contribution in [1.82, 2.24) is 5.32 Å². The first-order valence-corrected chi connectivity index (χ1v) is 29.9. The van der Waals surface area contributed by atoms with E-state index in [-0.39, 0.29) is 18.9 Å². The maximum atomic E-state index is 13.3. The summed E-state index contributed by atoms with van der Waals surface area (Å²) in [6, 6.07) is -0.923. The van der Waals surface area contributed by atoms with E-state index in [1.54, 1.807) is 6.08 Å². The monoisotopic (exact) mass is 1050 g/mol. The number of carbonyl (C=O) groups excluding carboxylic acids is 1. The van der Waals surface area contributed by atoms with Crippen LogP contribution in [-0.4, -0.2) is 140 Å². The first-order chi connectivity index (χ1) is 36.1. The molecule has 2 saturated heterocycles. The number of aliphatic hydroxyl groups is 8. The number of rotatable bonds is 47. The Balaban J connectivity index is 1.79. The number of hydrogen-bond acceptors (Lipinski definition) is 13. The van der Waals surface area contributed by atoms with Crippen molar-refractivity contribution in [3.05, 3.63) is 48.6 Å². The Hall–Kier alpha value is -2.05. The van der Waals surface area contributed by atoms with Crippen LogP contribution in [-0.2, 0) is 23.7 Å². The second-order valence-electron chi connectivity index (χ2n) is 21.1. The largest absolute Gasteiger partial charge is 0.394 e. The number of unbranched alkanes of at least 4 members (excludes halogenated alkanes) is 28. The van der Waals surface area contributed by atoms with Gasteiger partial charge in [-0.05, 0) is 57.8 Å². The van der Waals surface area contributed by atoms with Gasteiger partial charge in [-0.2, -0.15) is 0 Å². The van der Waals surface area contributed by atoms with Crippen molar-refractivity contribution in [2.75, 3.05) is 19.8 Å². The third-order valence-corrected chi connectivity index (χ3v) is 14.5. The Morgan fingerprint density at radius 2 is 0.892 bits per heavy atom. The van der Waals surface area contributed by atoms with E-state index >= 15 is 0 Å². The molecule has 1 amide bonds. The highest BCUT2D eigenvalue weighted by atomic mass is 16.7. The molecule has 2 rings (SSSR count). The van der Waals surface area contributed by atoms with Crippen molar-refractivity contribution < 1.29 is 64.6 Å². The summed E-state index contributed by atoms with van der Waals surface area (Å²) in [5.41, 5.74) is 0. The van der Waals surface area contributed by atoms with Gasteiger partial charge in [0.05, 0.1) is 32.0 Å². The maximum Gasteiger partial charge on any atom is 0.220 e. The van der Waals surface area contributed by atoms with Gasteiger partial charge in [-0.3, -0.25) is 4.79 Å². The third kappa shape index (κ3) is 31.4. The highest BCUT2D eigenvalue weighted by Gasteiger charge is 2.51. The normalized spacial score (nSPS) is 25.5. The van der Waals surface area contributed by atoms with Gasteiger partial charge in [-0.15, -0.1) is 0 Å². The van der Waals surface area contributed by atoms with E-state index in [9.17, 15) is 45.6 Å². The molecule has 9 N–H and O–H groups in total. The van der Waals surface area contributed by atoms with E-state index in [0.29, 0.717) is 6.42 Å². The van der Waals surface area contributed by atoms with E-state index in [1.807, 2.05) is 6.08 Å². The number of carbonyl (C=O) groups is 1. The fourth-order valence-electron chi connectivity index (χ4n) is 9.65. The molecule has 0 aromatic carbocycles. The molecule has 0 aromatic heterocycles.